The van der Waals surface area contributed by atoms with Gasteiger partial charge in [0.15, 0.2) is 10.8 Å². The standard InChI is InChI=1S/C17H16N4O2S/c1-10-4-5-13(8-11(10)2)23-9-15-20-21-16(18-19-17(21)24-15)14-6-7-22-12(14)3/h4-8H,9H2,1-3H3. The van der Waals surface area contributed by atoms with Crippen molar-refractivity contribution in [2.24, 2.45) is 0 Å². The Labute approximate surface area is 142 Å². The second kappa shape index (κ2) is 5.76. The highest BCUT2D eigenvalue weighted by Gasteiger charge is 2.16. The zero-order valence-corrected chi connectivity index (χ0v) is 14.4. The molecule has 4 aromatic rings. The fourth-order valence-electron chi connectivity index (χ4n) is 2.45. The van der Waals surface area contributed by atoms with Crippen LogP contribution in [0.1, 0.15) is 21.9 Å². The average molecular weight is 340 g/mol. The molecule has 0 amide bonds. The largest absolute Gasteiger partial charge is 0.486 e. The van der Waals surface area contributed by atoms with E-state index < -0.39 is 0 Å². The molecule has 3 aromatic heterocycles. The van der Waals surface area contributed by atoms with Gasteiger partial charge in [0.2, 0.25) is 4.96 Å². The number of benzene rings is 1. The zero-order valence-electron chi connectivity index (χ0n) is 13.6. The van der Waals surface area contributed by atoms with Crippen LogP contribution in [-0.2, 0) is 6.61 Å². The number of nitrogens with zero attached hydrogens (tertiary/aromatic N) is 4. The summed E-state index contributed by atoms with van der Waals surface area (Å²) < 4.78 is 12.9. The van der Waals surface area contributed by atoms with E-state index in [0.29, 0.717) is 12.4 Å². The minimum Gasteiger partial charge on any atom is -0.486 e. The molecule has 0 aliphatic carbocycles. The zero-order chi connectivity index (χ0) is 16.7. The molecule has 0 unspecified atom stereocenters. The third-order valence-corrected chi connectivity index (χ3v) is 4.85. The maximum absolute atomic E-state index is 5.85. The lowest BCUT2D eigenvalue weighted by molar-refractivity contribution is 0.304. The van der Waals surface area contributed by atoms with Crippen LogP contribution in [-0.4, -0.2) is 19.8 Å². The summed E-state index contributed by atoms with van der Waals surface area (Å²) >= 11 is 1.47. The van der Waals surface area contributed by atoms with E-state index in [1.165, 1.54) is 22.5 Å². The van der Waals surface area contributed by atoms with Gasteiger partial charge in [-0.1, -0.05) is 17.4 Å². The van der Waals surface area contributed by atoms with Crippen LogP contribution in [0.2, 0.25) is 0 Å². The van der Waals surface area contributed by atoms with Crippen LogP contribution in [0.25, 0.3) is 16.3 Å². The number of rotatable bonds is 4. The first-order valence-corrected chi connectivity index (χ1v) is 8.39. The van der Waals surface area contributed by atoms with Gasteiger partial charge in [-0.05, 0) is 50.1 Å². The van der Waals surface area contributed by atoms with Crippen molar-refractivity contribution in [3.63, 3.8) is 0 Å². The Bertz CT molecular complexity index is 1010. The van der Waals surface area contributed by atoms with E-state index in [9.17, 15) is 0 Å². The first-order chi connectivity index (χ1) is 11.6. The smallest absolute Gasteiger partial charge is 0.235 e. The molecule has 0 fully saturated rings. The maximum atomic E-state index is 5.85. The summed E-state index contributed by atoms with van der Waals surface area (Å²) in [7, 11) is 0. The molecule has 0 atom stereocenters. The number of aromatic nitrogens is 4. The molecule has 7 heteroatoms. The summed E-state index contributed by atoms with van der Waals surface area (Å²) in [5.41, 5.74) is 3.36. The Morgan fingerprint density at radius 1 is 1.12 bits per heavy atom. The third-order valence-electron chi connectivity index (χ3n) is 3.97. The van der Waals surface area contributed by atoms with E-state index in [4.69, 9.17) is 9.15 Å². The topological polar surface area (TPSA) is 65.5 Å². The van der Waals surface area contributed by atoms with E-state index in [1.54, 1.807) is 10.8 Å². The van der Waals surface area contributed by atoms with Crippen molar-refractivity contribution >= 4 is 16.3 Å². The monoisotopic (exact) mass is 340 g/mol. The Kier molecular flexibility index (Phi) is 3.57. The second-order valence-electron chi connectivity index (χ2n) is 5.64. The molecule has 0 saturated carbocycles. The molecule has 1 aromatic carbocycles. The van der Waals surface area contributed by atoms with Gasteiger partial charge >= 0.3 is 0 Å². The number of ether oxygens (including phenoxy) is 1. The van der Waals surface area contributed by atoms with Crippen LogP contribution in [0.15, 0.2) is 34.9 Å². The van der Waals surface area contributed by atoms with Crippen LogP contribution < -0.4 is 4.74 Å². The van der Waals surface area contributed by atoms with E-state index in [-0.39, 0.29) is 0 Å². The summed E-state index contributed by atoms with van der Waals surface area (Å²) in [4.78, 5) is 0.740. The SMILES string of the molecule is Cc1ccc(OCc2nn3c(-c4ccoc4C)nnc3s2)cc1C. The van der Waals surface area contributed by atoms with Crippen LogP contribution in [0.4, 0.5) is 0 Å². The molecule has 0 aliphatic heterocycles. The molecule has 0 spiro atoms. The maximum Gasteiger partial charge on any atom is 0.235 e. The minimum absolute atomic E-state index is 0.403. The molecular formula is C17H16N4O2S. The van der Waals surface area contributed by atoms with E-state index in [2.05, 4.69) is 35.2 Å². The van der Waals surface area contributed by atoms with Crippen molar-refractivity contribution in [2.45, 2.75) is 27.4 Å². The molecule has 4 rings (SSSR count). The van der Waals surface area contributed by atoms with Gasteiger partial charge in [0.25, 0.3) is 0 Å². The van der Waals surface area contributed by atoms with Gasteiger partial charge in [-0.25, -0.2) is 0 Å². The molecule has 0 bridgehead atoms. The summed E-state index contributed by atoms with van der Waals surface area (Å²) in [5, 5.41) is 13.8. The Morgan fingerprint density at radius 2 is 2.00 bits per heavy atom. The van der Waals surface area contributed by atoms with Crippen molar-refractivity contribution < 1.29 is 9.15 Å². The van der Waals surface area contributed by atoms with Crippen LogP contribution in [0.3, 0.4) is 0 Å². The number of hydrogen-bond acceptors (Lipinski definition) is 6. The lowest BCUT2D eigenvalue weighted by atomic mass is 10.1. The summed E-state index contributed by atoms with van der Waals surface area (Å²) in [6.45, 7) is 6.46. The van der Waals surface area contributed by atoms with Gasteiger partial charge in [-0.2, -0.15) is 9.61 Å². The van der Waals surface area contributed by atoms with Gasteiger partial charge < -0.3 is 9.15 Å². The van der Waals surface area contributed by atoms with Crippen LogP contribution in [0, 0.1) is 20.8 Å². The van der Waals surface area contributed by atoms with Gasteiger partial charge in [-0.15, -0.1) is 10.2 Å². The van der Waals surface area contributed by atoms with Gasteiger partial charge in [-0.3, -0.25) is 0 Å². The number of furan rings is 1. The fourth-order valence-corrected chi connectivity index (χ4v) is 3.20. The molecular weight excluding hydrogens is 324 g/mol. The van der Waals surface area contributed by atoms with Gasteiger partial charge in [0, 0.05) is 0 Å². The van der Waals surface area contributed by atoms with Crippen molar-refractivity contribution in [3.8, 4) is 17.1 Å². The average Bonchev–Trinajstić information content (AvgIpc) is 3.24. The molecule has 24 heavy (non-hydrogen) atoms. The highest BCUT2D eigenvalue weighted by Crippen LogP contribution is 2.25. The first kappa shape index (κ1) is 14.9. The number of aryl methyl sites for hydroxylation is 3. The molecule has 0 aliphatic rings. The van der Waals surface area contributed by atoms with Crippen LogP contribution in [0.5, 0.6) is 5.75 Å². The molecule has 0 N–H and O–H groups in total. The Hall–Kier alpha value is -2.67. The van der Waals surface area contributed by atoms with E-state index >= 15 is 0 Å². The second-order valence-corrected chi connectivity index (χ2v) is 6.68. The fraction of sp³-hybridized carbons (Fsp3) is 0.235. The van der Waals surface area contributed by atoms with E-state index in [0.717, 1.165) is 27.0 Å². The van der Waals surface area contributed by atoms with Crippen molar-refractivity contribution in [2.75, 3.05) is 0 Å². The predicted molar refractivity (Wildman–Crippen MR) is 91.3 cm³/mol. The highest BCUT2D eigenvalue weighted by molar-refractivity contribution is 7.16. The normalized spacial score (nSPS) is 11.3. The number of fused-ring (bicyclic) bond motifs is 1. The van der Waals surface area contributed by atoms with Crippen LogP contribution >= 0.6 is 11.3 Å². The van der Waals surface area contributed by atoms with Gasteiger partial charge in [0.1, 0.15) is 18.1 Å². The minimum atomic E-state index is 0.403. The van der Waals surface area contributed by atoms with Crippen molar-refractivity contribution in [1.29, 1.82) is 0 Å². The summed E-state index contributed by atoms with van der Waals surface area (Å²) in [5.74, 6) is 2.32. The Balaban J connectivity index is 1.58. The first-order valence-electron chi connectivity index (χ1n) is 7.57. The van der Waals surface area contributed by atoms with Gasteiger partial charge in [0.05, 0.1) is 11.8 Å². The molecule has 6 nitrogen and oxygen atoms in total. The molecule has 122 valence electrons. The molecule has 3 heterocycles. The Morgan fingerprint density at radius 3 is 2.75 bits per heavy atom. The van der Waals surface area contributed by atoms with E-state index in [1.807, 2.05) is 25.1 Å². The summed E-state index contributed by atoms with van der Waals surface area (Å²) in [6.07, 6.45) is 1.64. The quantitative estimate of drug-likeness (QED) is 0.563. The lowest BCUT2D eigenvalue weighted by Gasteiger charge is -2.06. The highest BCUT2D eigenvalue weighted by atomic mass is 32.1. The molecule has 0 radical (unpaired) electrons. The predicted octanol–water partition coefficient (Wildman–Crippen LogP) is 3.95. The third kappa shape index (κ3) is 2.56. The molecule has 0 saturated heterocycles. The number of hydrogen-bond donors (Lipinski definition) is 0. The summed E-state index contributed by atoms with van der Waals surface area (Å²) in [6, 6.07) is 7.94. The lowest BCUT2D eigenvalue weighted by Crippen LogP contribution is -1.98. The van der Waals surface area contributed by atoms with Crippen molar-refractivity contribution in [3.05, 3.63) is 52.4 Å². The van der Waals surface area contributed by atoms with Crippen molar-refractivity contribution in [1.82, 2.24) is 19.8 Å².